The Morgan fingerprint density at radius 3 is 2.62 bits per heavy atom. The Labute approximate surface area is 198 Å². The van der Waals surface area contributed by atoms with Crippen molar-refractivity contribution < 1.29 is 13.2 Å². The molecule has 8 nitrogen and oxygen atoms in total. The van der Waals surface area contributed by atoms with Crippen LogP contribution in [0, 0.1) is 0 Å². The highest BCUT2D eigenvalue weighted by molar-refractivity contribution is 7.89. The van der Waals surface area contributed by atoms with E-state index in [1.165, 1.54) is 12.1 Å². The maximum Gasteiger partial charge on any atom is 0.251 e. The van der Waals surface area contributed by atoms with Gasteiger partial charge in [-0.15, -0.1) is 0 Å². The Bertz CT molecular complexity index is 1420. The molecule has 1 fully saturated rings. The lowest BCUT2D eigenvalue weighted by molar-refractivity contribution is 0.0950. The van der Waals surface area contributed by atoms with Crippen molar-refractivity contribution >= 4 is 27.0 Å². The number of nitrogens with zero attached hydrogens (tertiary/aromatic N) is 3. The summed E-state index contributed by atoms with van der Waals surface area (Å²) >= 11 is 0. The summed E-state index contributed by atoms with van der Waals surface area (Å²) in [6, 6.07) is 17.7. The number of nitrogens with one attached hydrogen (secondary N) is 2. The maximum atomic E-state index is 12.7. The molecule has 1 amide bonds. The number of benzene rings is 2. The van der Waals surface area contributed by atoms with Gasteiger partial charge in [0.2, 0.25) is 10.0 Å². The van der Waals surface area contributed by atoms with Gasteiger partial charge in [-0.05, 0) is 54.8 Å². The van der Waals surface area contributed by atoms with E-state index < -0.39 is 10.0 Å². The molecule has 0 radical (unpaired) electrons. The molecule has 0 spiro atoms. The molecule has 1 aliphatic carbocycles. The zero-order valence-corrected chi connectivity index (χ0v) is 19.3. The van der Waals surface area contributed by atoms with Gasteiger partial charge in [0.05, 0.1) is 15.9 Å². The third-order valence-electron chi connectivity index (χ3n) is 6.05. The van der Waals surface area contributed by atoms with E-state index >= 15 is 0 Å². The van der Waals surface area contributed by atoms with Gasteiger partial charge in [0.15, 0.2) is 0 Å². The Morgan fingerprint density at radius 1 is 1.00 bits per heavy atom. The van der Waals surface area contributed by atoms with E-state index in [1.807, 2.05) is 41.0 Å². The minimum Gasteiger partial charge on any atom is -0.348 e. The van der Waals surface area contributed by atoms with Crippen molar-refractivity contribution in [1.82, 2.24) is 24.6 Å². The van der Waals surface area contributed by atoms with Crippen LogP contribution in [0.25, 0.3) is 16.9 Å². The first-order valence-electron chi connectivity index (χ1n) is 11.3. The second kappa shape index (κ2) is 9.36. The largest absolute Gasteiger partial charge is 0.348 e. The van der Waals surface area contributed by atoms with E-state index in [4.69, 9.17) is 0 Å². The van der Waals surface area contributed by atoms with Crippen molar-refractivity contribution in [3.05, 3.63) is 84.3 Å². The molecule has 2 aromatic heterocycles. The number of fused-ring (bicyclic) bond motifs is 1. The zero-order chi connectivity index (χ0) is 23.5. The fraction of sp³-hybridized carbons (Fsp3) is 0.240. The number of sulfonamides is 1. The number of aromatic nitrogens is 3. The van der Waals surface area contributed by atoms with Crippen molar-refractivity contribution in [3.8, 4) is 5.82 Å². The number of rotatable bonds is 7. The molecule has 2 heterocycles. The first kappa shape index (κ1) is 22.2. The van der Waals surface area contributed by atoms with Crippen LogP contribution in [0.3, 0.4) is 0 Å². The lowest BCUT2D eigenvalue weighted by Gasteiger charge is -2.13. The molecular weight excluding hydrogens is 450 g/mol. The summed E-state index contributed by atoms with van der Waals surface area (Å²) in [5.74, 6) is 0.388. The summed E-state index contributed by atoms with van der Waals surface area (Å²) in [6.07, 6.45) is 7.20. The van der Waals surface area contributed by atoms with Crippen molar-refractivity contribution in [2.45, 2.75) is 43.2 Å². The minimum absolute atomic E-state index is 0.0294. The Morgan fingerprint density at radius 2 is 1.82 bits per heavy atom. The van der Waals surface area contributed by atoms with Crippen LogP contribution < -0.4 is 10.0 Å². The highest BCUT2D eigenvalue weighted by atomic mass is 32.2. The highest BCUT2D eigenvalue weighted by Gasteiger charge is 2.23. The smallest absolute Gasteiger partial charge is 0.251 e. The average Bonchev–Trinajstić information content (AvgIpc) is 3.52. The van der Waals surface area contributed by atoms with Crippen LogP contribution in [0.1, 0.15) is 41.6 Å². The van der Waals surface area contributed by atoms with Crippen LogP contribution in [0.5, 0.6) is 0 Å². The van der Waals surface area contributed by atoms with Gasteiger partial charge in [-0.3, -0.25) is 9.36 Å². The van der Waals surface area contributed by atoms with Gasteiger partial charge in [0.25, 0.3) is 5.91 Å². The molecule has 2 aromatic carbocycles. The van der Waals surface area contributed by atoms with Crippen molar-refractivity contribution in [3.63, 3.8) is 0 Å². The van der Waals surface area contributed by atoms with Gasteiger partial charge in [0, 0.05) is 24.3 Å². The molecule has 0 bridgehead atoms. The van der Waals surface area contributed by atoms with Crippen molar-refractivity contribution in [1.29, 1.82) is 0 Å². The summed E-state index contributed by atoms with van der Waals surface area (Å²) < 4.78 is 30.0. The third kappa shape index (κ3) is 4.71. The molecule has 2 N–H and O–H groups in total. The molecule has 0 atom stereocenters. The molecule has 4 aromatic rings. The van der Waals surface area contributed by atoms with Gasteiger partial charge < -0.3 is 5.32 Å². The van der Waals surface area contributed by atoms with E-state index in [-0.39, 0.29) is 23.4 Å². The van der Waals surface area contributed by atoms with E-state index in [0.717, 1.165) is 48.1 Å². The first-order valence-corrected chi connectivity index (χ1v) is 12.8. The van der Waals surface area contributed by atoms with E-state index in [2.05, 4.69) is 20.0 Å². The number of carbonyl (C=O) groups is 1. The number of pyridine rings is 1. The summed E-state index contributed by atoms with van der Waals surface area (Å²) in [4.78, 5) is 21.7. The normalized spacial score (nSPS) is 14.5. The summed E-state index contributed by atoms with van der Waals surface area (Å²) in [7, 11) is -3.66. The summed E-state index contributed by atoms with van der Waals surface area (Å²) in [5, 5.41) is 2.84. The molecule has 174 valence electrons. The first-order chi connectivity index (χ1) is 16.5. The van der Waals surface area contributed by atoms with Crippen LogP contribution in [-0.4, -0.2) is 34.9 Å². The minimum atomic E-state index is -3.66. The predicted molar refractivity (Wildman–Crippen MR) is 129 cm³/mol. The number of hydrogen-bond donors (Lipinski definition) is 2. The van der Waals surface area contributed by atoms with Crippen LogP contribution in [0.2, 0.25) is 0 Å². The average molecular weight is 476 g/mol. The number of hydrogen-bond acceptors (Lipinski definition) is 5. The highest BCUT2D eigenvalue weighted by Crippen LogP contribution is 2.21. The maximum absolute atomic E-state index is 12.7. The number of amides is 1. The molecule has 5 rings (SSSR count). The molecule has 0 saturated heterocycles. The van der Waals surface area contributed by atoms with Crippen LogP contribution in [0.15, 0.2) is 78.1 Å². The molecular formula is C25H25N5O3S. The number of carbonyl (C=O) groups excluding carboxylic acids is 1. The van der Waals surface area contributed by atoms with Gasteiger partial charge in [-0.2, -0.15) is 0 Å². The molecule has 9 heteroatoms. The second-order valence-corrected chi connectivity index (χ2v) is 10.2. The van der Waals surface area contributed by atoms with Crippen LogP contribution in [0.4, 0.5) is 0 Å². The summed E-state index contributed by atoms with van der Waals surface area (Å²) in [6.45, 7) is 0.272. The summed E-state index contributed by atoms with van der Waals surface area (Å²) in [5.41, 5.74) is 2.98. The van der Waals surface area contributed by atoms with Gasteiger partial charge in [-0.25, -0.2) is 23.1 Å². The fourth-order valence-corrected chi connectivity index (χ4v) is 5.58. The van der Waals surface area contributed by atoms with Crippen molar-refractivity contribution in [2.75, 3.05) is 0 Å². The molecule has 34 heavy (non-hydrogen) atoms. The van der Waals surface area contributed by atoms with Crippen LogP contribution >= 0.6 is 0 Å². The molecule has 0 unspecified atom stereocenters. The lowest BCUT2D eigenvalue weighted by atomic mass is 10.2. The Balaban J connectivity index is 1.24. The second-order valence-electron chi connectivity index (χ2n) is 8.44. The van der Waals surface area contributed by atoms with E-state index in [1.54, 1.807) is 24.7 Å². The topological polar surface area (TPSA) is 106 Å². The van der Waals surface area contributed by atoms with Gasteiger partial charge >= 0.3 is 0 Å². The van der Waals surface area contributed by atoms with Crippen molar-refractivity contribution in [2.24, 2.45) is 0 Å². The molecule has 1 aliphatic rings. The molecule has 1 saturated carbocycles. The molecule has 0 aliphatic heterocycles. The number of imidazole rings is 1. The number of para-hydroxylation sites is 2. The lowest BCUT2D eigenvalue weighted by Crippen LogP contribution is -2.32. The zero-order valence-electron chi connectivity index (χ0n) is 18.5. The Kier molecular flexibility index (Phi) is 6.12. The monoisotopic (exact) mass is 475 g/mol. The third-order valence-corrected chi connectivity index (χ3v) is 7.56. The Hall–Kier alpha value is -3.56. The predicted octanol–water partition coefficient (Wildman–Crippen LogP) is 3.57. The SMILES string of the molecule is O=C(NCc1ccc(-n2cnc3ccccc32)nc1)c1cccc(S(=O)(=O)NC2CCCC2)c1. The fourth-order valence-electron chi connectivity index (χ4n) is 4.23. The van der Waals surface area contributed by atoms with Crippen LogP contribution in [-0.2, 0) is 16.6 Å². The standard InChI is InChI=1S/C25H25N5O3S/c31-25(19-6-5-9-21(14-19)34(32,33)29-20-7-1-2-8-20)27-16-18-12-13-24(26-15-18)30-17-28-22-10-3-4-11-23(22)30/h3-6,9-15,17,20,29H,1-2,7-8,16H2,(H,27,31). The van der Waals surface area contributed by atoms with E-state index in [0.29, 0.717) is 5.56 Å². The quantitative estimate of drug-likeness (QED) is 0.425. The van der Waals surface area contributed by atoms with Gasteiger partial charge in [0.1, 0.15) is 12.1 Å². The van der Waals surface area contributed by atoms with Gasteiger partial charge in [-0.1, -0.05) is 37.1 Å². The van der Waals surface area contributed by atoms with E-state index in [9.17, 15) is 13.2 Å².